The Morgan fingerprint density at radius 2 is 2.25 bits per heavy atom. The number of benzene rings is 1. The molecule has 1 aromatic rings. The van der Waals surface area contributed by atoms with Crippen molar-refractivity contribution in [2.24, 2.45) is 0 Å². The molecule has 1 rings (SSSR count). The average molecular weight is 388 g/mol. The van der Waals surface area contributed by atoms with Gasteiger partial charge in [0.2, 0.25) is 5.75 Å². The SMILES string of the molecule is CCC(=O)CCCOc1c(I)cc(C#N)cc1[N+](=O)[O-]. The summed E-state index contributed by atoms with van der Waals surface area (Å²) in [6, 6.07) is 4.59. The van der Waals surface area contributed by atoms with E-state index in [0.29, 0.717) is 22.8 Å². The molecule has 0 aromatic heterocycles. The van der Waals surface area contributed by atoms with Crippen molar-refractivity contribution in [3.8, 4) is 11.8 Å². The van der Waals surface area contributed by atoms with Crippen molar-refractivity contribution in [2.75, 3.05) is 6.61 Å². The Labute approximate surface area is 130 Å². The number of carbonyl (C=O) groups is 1. The van der Waals surface area contributed by atoms with Gasteiger partial charge in [0.05, 0.1) is 26.7 Å². The zero-order chi connectivity index (χ0) is 15.1. The van der Waals surface area contributed by atoms with Gasteiger partial charge in [-0.25, -0.2) is 0 Å². The van der Waals surface area contributed by atoms with E-state index in [-0.39, 0.29) is 29.4 Å². The van der Waals surface area contributed by atoms with Gasteiger partial charge in [-0.2, -0.15) is 5.26 Å². The van der Waals surface area contributed by atoms with E-state index in [9.17, 15) is 14.9 Å². The molecule has 0 bridgehead atoms. The monoisotopic (exact) mass is 388 g/mol. The molecule has 0 atom stereocenters. The van der Waals surface area contributed by atoms with Crippen LogP contribution in [0, 0.1) is 25.0 Å². The number of ketones is 1. The first-order chi connectivity index (χ1) is 9.49. The number of carbonyl (C=O) groups excluding carboxylic acids is 1. The van der Waals surface area contributed by atoms with E-state index in [1.807, 2.05) is 28.7 Å². The number of nitro groups is 1. The Bertz CT molecular complexity index is 566. The summed E-state index contributed by atoms with van der Waals surface area (Å²) >= 11 is 1.89. The van der Waals surface area contributed by atoms with E-state index in [2.05, 4.69) is 0 Å². The van der Waals surface area contributed by atoms with Crippen molar-refractivity contribution < 1.29 is 14.5 Å². The number of halogens is 1. The van der Waals surface area contributed by atoms with E-state index >= 15 is 0 Å². The third-order valence-corrected chi connectivity index (χ3v) is 3.39. The highest BCUT2D eigenvalue weighted by atomic mass is 127. The lowest BCUT2D eigenvalue weighted by molar-refractivity contribution is -0.386. The Morgan fingerprint density at radius 3 is 2.80 bits per heavy atom. The summed E-state index contributed by atoms with van der Waals surface area (Å²) in [7, 11) is 0. The summed E-state index contributed by atoms with van der Waals surface area (Å²) in [6.45, 7) is 2.02. The summed E-state index contributed by atoms with van der Waals surface area (Å²) in [4.78, 5) is 21.6. The van der Waals surface area contributed by atoms with Crippen LogP contribution >= 0.6 is 22.6 Å². The molecule has 0 amide bonds. The van der Waals surface area contributed by atoms with E-state index < -0.39 is 4.92 Å². The van der Waals surface area contributed by atoms with E-state index in [1.165, 1.54) is 12.1 Å². The minimum atomic E-state index is -0.574. The van der Waals surface area contributed by atoms with Crippen LogP contribution in [0.15, 0.2) is 12.1 Å². The number of nitro benzene ring substituents is 1. The normalized spacial score (nSPS) is 9.85. The number of rotatable bonds is 7. The van der Waals surface area contributed by atoms with Crippen LogP contribution in [0.3, 0.4) is 0 Å². The van der Waals surface area contributed by atoms with Crippen molar-refractivity contribution in [2.45, 2.75) is 26.2 Å². The molecule has 0 spiro atoms. The first kappa shape index (κ1) is 16.4. The first-order valence-electron chi connectivity index (χ1n) is 6.02. The standard InChI is InChI=1S/C13H13IN2O4/c1-2-10(17)4-3-5-20-13-11(14)6-9(8-15)7-12(13)16(18)19/h6-7H,2-5H2,1H3. The number of nitrogens with zero attached hydrogens (tertiary/aromatic N) is 2. The lowest BCUT2D eigenvalue weighted by Gasteiger charge is -2.08. The molecule has 0 N–H and O–H groups in total. The van der Waals surface area contributed by atoms with E-state index in [0.717, 1.165) is 0 Å². The molecule has 0 radical (unpaired) electrons. The first-order valence-corrected chi connectivity index (χ1v) is 7.10. The molecule has 0 saturated heterocycles. The fourth-order valence-corrected chi connectivity index (χ4v) is 2.31. The molecular formula is C13H13IN2O4. The van der Waals surface area contributed by atoms with E-state index in [4.69, 9.17) is 10.00 Å². The predicted molar refractivity (Wildman–Crippen MR) is 80.6 cm³/mol. The maximum atomic E-state index is 11.1. The van der Waals surface area contributed by atoms with Crippen LogP contribution in [0.4, 0.5) is 5.69 Å². The zero-order valence-electron chi connectivity index (χ0n) is 10.9. The van der Waals surface area contributed by atoms with Crippen molar-refractivity contribution in [3.05, 3.63) is 31.4 Å². The lowest BCUT2D eigenvalue weighted by Crippen LogP contribution is -2.05. The van der Waals surface area contributed by atoms with Crippen molar-refractivity contribution >= 4 is 34.1 Å². The number of Topliss-reactive ketones (excluding diaryl/α,β-unsaturated/α-hetero) is 1. The molecule has 6 nitrogen and oxygen atoms in total. The fourth-order valence-electron chi connectivity index (χ4n) is 1.54. The molecule has 0 unspecified atom stereocenters. The highest BCUT2D eigenvalue weighted by Gasteiger charge is 2.20. The van der Waals surface area contributed by atoms with Gasteiger partial charge in [0.15, 0.2) is 0 Å². The molecule has 0 fully saturated rings. The lowest BCUT2D eigenvalue weighted by atomic mass is 10.2. The molecule has 0 aliphatic heterocycles. The molecular weight excluding hydrogens is 375 g/mol. The number of hydrogen-bond acceptors (Lipinski definition) is 5. The molecule has 0 aliphatic rings. The van der Waals surface area contributed by atoms with Gasteiger partial charge in [0, 0.05) is 18.9 Å². The second-order valence-corrected chi connectivity index (χ2v) is 5.18. The molecule has 0 aliphatic carbocycles. The molecule has 20 heavy (non-hydrogen) atoms. The highest BCUT2D eigenvalue weighted by molar-refractivity contribution is 14.1. The smallest absolute Gasteiger partial charge is 0.313 e. The van der Waals surface area contributed by atoms with Gasteiger partial charge in [-0.3, -0.25) is 14.9 Å². The second-order valence-electron chi connectivity index (χ2n) is 4.02. The van der Waals surface area contributed by atoms with Gasteiger partial charge < -0.3 is 4.74 Å². The van der Waals surface area contributed by atoms with Crippen LogP contribution < -0.4 is 4.74 Å². The number of hydrogen-bond donors (Lipinski definition) is 0. The van der Waals surface area contributed by atoms with Crippen LogP contribution in [0.25, 0.3) is 0 Å². The highest BCUT2D eigenvalue weighted by Crippen LogP contribution is 2.33. The topological polar surface area (TPSA) is 93.2 Å². The third kappa shape index (κ3) is 4.45. The fraction of sp³-hybridized carbons (Fsp3) is 0.385. The van der Waals surface area contributed by atoms with Gasteiger partial charge in [0.25, 0.3) is 0 Å². The number of nitriles is 1. The van der Waals surface area contributed by atoms with Crippen LogP contribution in [0.2, 0.25) is 0 Å². The van der Waals surface area contributed by atoms with Crippen LogP contribution in [-0.4, -0.2) is 17.3 Å². The van der Waals surface area contributed by atoms with Crippen LogP contribution in [-0.2, 0) is 4.79 Å². The summed E-state index contributed by atoms with van der Waals surface area (Å²) in [5.41, 5.74) is -0.00937. The van der Waals surface area contributed by atoms with Crippen molar-refractivity contribution in [1.82, 2.24) is 0 Å². The Kier molecular flexibility index (Phi) is 6.38. The summed E-state index contributed by atoms with van der Waals surface area (Å²) in [5, 5.41) is 19.8. The van der Waals surface area contributed by atoms with E-state index in [1.54, 1.807) is 6.92 Å². The van der Waals surface area contributed by atoms with Crippen molar-refractivity contribution in [1.29, 1.82) is 5.26 Å². The van der Waals surface area contributed by atoms with Gasteiger partial charge >= 0.3 is 5.69 Å². The summed E-state index contributed by atoms with van der Waals surface area (Å²) in [5.74, 6) is 0.288. The Hall–Kier alpha value is -1.69. The van der Waals surface area contributed by atoms with Crippen LogP contribution in [0.1, 0.15) is 31.7 Å². The maximum Gasteiger partial charge on any atom is 0.313 e. The minimum Gasteiger partial charge on any atom is -0.486 e. The molecule has 0 saturated carbocycles. The summed E-state index contributed by atoms with van der Waals surface area (Å²) < 4.78 is 5.92. The zero-order valence-corrected chi connectivity index (χ0v) is 13.0. The molecule has 7 heteroatoms. The minimum absolute atomic E-state index is 0.137. The van der Waals surface area contributed by atoms with Crippen LogP contribution in [0.5, 0.6) is 5.75 Å². The largest absolute Gasteiger partial charge is 0.486 e. The third-order valence-electron chi connectivity index (χ3n) is 2.59. The maximum absolute atomic E-state index is 11.1. The molecule has 1 aromatic carbocycles. The molecule has 106 valence electrons. The van der Waals surface area contributed by atoms with Crippen molar-refractivity contribution in [3.63, 3.8) is 0 Å². The van der Waals surface area contributed by atoms with Gasteiger partial charge in [-0.05, 0) is 35.1 Å². The number of ether oxygens (including phenoxy) is 1. The Morgan fingerprint density at radius 1 is 1.55 bits per heavy atom. The van der Waals surface area contributed by atoms with Gasteiger partial charge in [-0.1, -0.05) is 6.92 Å². The van der Waals surface area contributed by atoms with Gasteiger partial charge in [0.1, 0.15) is 5.78 Å². The average Bonchev–Trinajstić information content (AvgIpc) is 2.43. The van der Waals surface area contributed by atoms with Gasteiger partial charge in [-0.15, -0.1) is 0 Å². The predicted octanol–water partition coefficient (Wildman–Crippen LogP) is 3.21. The quantitative estimate of drug-likeness (QED) is 0.310. The second kappa shape index (κ2) is 7.79. The Balaban J connectivity index is 2.81. The summed E-state index contributed by atoms with van der Waals surface area (Å²) in [6.07, 6.45) is 1.39. The molecule has 0 heterocycles.